The van der Waals surface area contributed by atoms with Gasteiger partial charge in [-0.1, -0.05) is 13.8 Å². The van der Waals surface area contributed by atoms with E-state index in [9.17, 15) is 4.39 Å². The van der Waals surface area contributed by atoms with Gasteiger partial charge in [0.2, 0.25) is 0 Å². The Bertz CT molecular complexity index is 345. The molecule has 0 aliphatic heterocycles. The fourth-order valence-electron chi connectivity index (χ4n) is 1.71. The van der Waals surface area contributed by atoms with Crippen LogP contribution in [0.5, 0.6) is 0 Å². The second-order valence-electron chi connectivity index (χ2n) is 4.26. The van der Waals surface area contributed by atoms with Gasteiger partial charge in [0, 0.05) is 7.11 Å². The second-order valence-corrected chi connectivity index (χ2v) is 4.26. The van der Waals surface area contributed by atoms with Gasteiger partial charge in [-0.25, -0.2) is 4.39 Å². The predicted molar refractivity (Wildman–Crippen MR) is 60.7 cm³/mol. The molecule has 1 nitrogen and oxygen atoms in total. The van der Waals surface area contributed by atoms with E-state index in [1.807, 2.05) is 33.8 Å². The fourth-order valence-corrected chi connectivity index (χ4v) is 1.71. The van der Waals surface area contributed by atoms with Gasteiger partial charge in [0.25, 0.3) is 0 Å². The van der Waals surface area contributed by atoms with E-state index >= 15 is 0 Å². The summed E-state index contributed by atoms with van der Waals surface area (Å²) >= 11 is 0. The van der Waals surface area contributed by atoms with Gasteiger partial charge < -0.3 is 4.74 Å². The first-order chi connectivity index (χ1) is 6.97. The normalized spacial score (nSPS) is 13.3. The summed E-state index contributed by atoms with van der Waals surface area (Å²) in [6.07, 6.45) is 0.0168. The van der Waals surface area contributed by atoms with E-state index in [0.29, 0.717) is 0 Å². The first kappa shape index (κ1) is 12.2. The second kappa shape index (κ2) is 4.75. The number of rotatable bonds is 3. The lowest BCUT2D eigenvalue weighted by Gasteiger charge is -2.16. The van der Waals surface area contributed by atoms with Crippen molar-refractivity contribution >= 4 is 0 Å². The van der Waals surface area contributed by atoms with Crippen molar-refractivity contribution < 1.29 is 9.13 Å². The van der Waals surface area contributed by atoms with Gasteiger partial charge >= 0.3 is 0 Å². The zero-order valence-electron chi connectivity index (χ0n) is 10.1. The maximum atomic E-state index is 13.6. The minimum Gasteiger partial charge on any atom is -0.377 e. The molecule has 0 unspecified atom stereocenters. The molecule has 0 aliphatic rings. The third-order valence-corrected chi connectivity index (χ3v) is 2.80. The van der Waals surface area contributed by atoms with Crippen molar-refractivity contribution in [2.45, 2.75) is 39.7 Å². The number of methoxy groups -OCH3 is 1. The highest BCUT2D eigenvalue weighted by molar-refractivity contribution is 5.35. The van der Waals surface area contributed by atoms with E-state index in [1.165, 1.54) is 0 Å². The van der Waals surface area contributed by atoms with Gasteiger partial charge in [-0.05, 0) is 48.6 Å². The maximum absolute atomic E-state index is 13.6. The average molecular weight is 210 g/mol. The molecule has 0 fully saturated rings. The zero-order valence-corrected chi connectivity index (χ0v) is 10.1. The van der Waals surface area contributed by atoms with Crippen molar-refractivity contribution in [3.63, 3.8) is 0 Å². The molecule has 2 heteroatoms. The van der Waals surface area contributed by atoms with Crippen molar-refractivity contribution in [1.82, 2.24) is 0 Å². The van der Waals surface area contributed by atoms with Crippen LogP contribution in [0.4, 0.5) is 4.39 Å². The van der Waals surface area contributed by atoms with Gasteiger partial charge in [-0.2, -0.15) is 0 Å². The monoisotopic (exact) mass is 210 g/mol. The first-order valence-electron chi connectivity index (χ1n) is 5.30. The Labute approximate surface area is 91.3 Å². The molecular formula is C13H19FO. The summed E-state index contributed by atoms with van der Waals surface area (Å²) in [7, 11) is 1.67. The van der Waals surface area contributed by atoms with Crippen LogP contribution in [0, 0.1) is 12.7 Å². The molecule has 1 atom stereocenters. The number of halogens is 1. The van der Waals surface area contributed by atoms with Crippen molar-refractivity contribution in [3.8, 4) is 0 Å². The van der Waals surface area contributed by atoms with Crippen LogP contribution in [0.3, 0.4) is 0 Å². The Morgan fingerprint density at radius 1 is 1.13 bits per heavy atom. The third-order valence-electron chi connectivity index (χ3n) is 2.80. The van der Waals surface area contributed by atoms with Crippen molar-refractivity contribution in [2.24, 2.45) is 0 Å². The lowest BCUT2D eigenvalue weighted by atomic mass is 9.95. The van der Waals surface area contributed by atoms with Crippen molar-refractivity contribution in [1.29, 1.82) is 0 Å². The van der Waals surface area contributed by atoms with Crippen LogP contribution in [0.15, 0.2) is 12.1 Å². The van der Waals surface area contributed by atoms with Gasteiger partial charge in [0.1, 0.15) is 5.82 Å². The smallest absolute Gasteiger partial charge is 0.126 e. The van der Waals surface area contributed by atoms with Gasteiger partial charge in [0.05, 0.1) is 6.10 Å². The Kier molecular flexibility index (Phi) is 3.86. The number of aryl methyl sites for hydroxylation is 1. The van der Waals surface area contributed by atoms with Crippen molar-refractivity contribution in [3.05, 3.63) is 34.6 Å². The molecule has 0 aliphatic carbocycles. The quantitative estimate of drug-likeness (QED) is 0.733. The average Bonchev–Trinajstić information content (AvgIpc) is 2.16. The SMILES string of the molecule is CO[C@H](C)c1cc(C(C)C)c(F)cc1C. The van der Waals surface area contributed by atoms with Crippen LogP contribution in [0.25, 0.3) is 0 Å². The summed E-state index contributed by atoms with van der Waals surface area (Å²) < 4.78 is 18.9. The highest BCUT2D eigenvalue weighted by Gasteiger charge is 2.13. The first-order valence-corrected chi connectivity index (χ1v) is 5.30. The lowest BCUT2D eigenvalue weighted by Crippen LogP contribution is -2.03. The van der Waals surface area contributed by atoms with E-state index in [4.69, 9.17) is 4.74 Å². The van der Waals surface area contributed by atoms with Crippen LogP contribution in [0.1, 0.15) is 49.5 Å². The van der Waals surface area contributed by atoms with Crippen LogP contribution >= 0.6 is 0 Å². The van der Waals surface area contributed by atoms with E-state index in [1.54, 1.807) is 13.2 Å². The molecular weight excluding hydrogens is 191 g/mol. The van der Waals surface area contributed by atoms with Gasteiger partial charge in [-0.15, -0.1) is 0 Å². The zero-order chi connectivity index (χ0) is 11.6. The predicted octanol–water partition coefficient (Wildman–Crippen LogP) is 3.96. The Morgan fingerprint density at radius 3 is 2.20 bits per heavy atom. The molecule has 0 saturated heterocycles. The van der Waals surface area contributed by atoms with Crippen LogP contribution in [0.2, 0.25) is 0 Å². The topological polar surface area (TPSA) is 9.23 Å². The molecule has 1 rings (SSSR count). The van der Waals surface area contributed by atoms with E-state index in [0.717, 1.165) is 16.7 Å². The number of benzene rings is 1. The molecule has 1 aromatic rings. The lowest BCUT2D eigenvalue weighted by molar-refractivity contribution is 0.119. The fraction of sp³-hybridized carbons (Fsp3) is 0.538. The summed E-state index contributed by atoms with van der Waals surface area (Å²) in [6.45, 7) is 7.88. The molecule has 0 spiro atoms. The molecule has 84 valence electrons. The van der Waals surface area contributed by atoms with E-state index in [2.05, 4.69) is 0 Å². The largest absolute Gasteiger partial charge is 0.377 e. The van der Waals surface area contributed by atoms with Crippen LogP contribution in [-0.2, 0) is 4.74 Å². The molecule has 0 aromatic heterocycles. The molecule has 0 N–H and O–H groups in total. The molecule has 15 heavy (non-hydrogen) atoms. The highest BCUT2D eigenvalue weighted by Crippen LogP contribution is 2.27. The van der Waals surface area contributed by atoms with Crippen LogP contribution < -0.4 is 0 Å². The molecule has 0 heterocycles. The summed E-state index contributed by atoms with van der Waals surface area (Å²) in [5, 5.41) is 0. The summed E-state index contributed by atoms with van der Waals surface area (Å²) in [5.74, 6) is 0.0861. The number of hydrogen-bond donors (Lipinski definition) is 0. The maximum Gasteiger partial charge on any atom is 0.126 e. The minimum absolute atomic E-state index is 0.0168. The summed E-state index contributed by atoms with van der Waals surface area (Å²) in [6, 6.07) is 3.52. The number of ether oxygens (including phenoxy) is 1. The standard InChI is InChI=1S/C13H19FO/c1-8(2)11-7-12(10(4)15-5)9(3)6-13(11)14/h6-8,10H,1-5H3/t10-/m1/s1. The third kappa shape index (κ3) is 2.57. The molecule has 0 bridgehead atoms. The molecule has 0 amide bonds. The van der Waals surface area contributed by atoms with Crippen molar-refractivity contribution in [2.75, 3.05) is 7.11 Å². The summed E-state index contributed by atoms with van der Waals surface area (Å²) in [4.78, 5) is 0. The van der Waals surface area contributed by atoms with Gasteiger partial charge in [0.15, 0.2) is 0 Å². The Balaban J connectivity index is 3.23. The summed E-state index contributed by atoms with van der Waals surface area (Å²) in [5.41, 5.74) is 2.79. The van der Waals surface area contributed by atoms with Crippen LogP contribution in [-0.4, -0.2) is 7.11 Å². The number of hydrogen-bond acceptors (Lipinski definition) is 1. The van der Waals surface area contributed by atoms with Gasteiger partial charge in [-0.3, -0.25) is 0 Å². The Hall–Kier alpha value is -0.890. The Morgan fingerprint density at radius 2 is 1.73 bits per heavy atom. The molecule has 1 aromatic carbocycles. The minimum atomic E-state index is -0.116. The van der Waals surface area contributed by atoms with E-state index < -0.39 is 0 Å². The molecule has 0 radical (unpaired) electrons. The van der Waals surface area contributed by atoms with E-state index in [-0.39, 0.29) is 17.8 Å². The highest BCUT2D eigenvalue weighted by atomic mass is 19.1. The molecule has 0 saturated carbocycles.